The number of nitrogens with zero attached hydrogens (tertiary/aromatic N) is 1. The number of halogens is 3. The predicted molar refractivity (Wildman–Crippen MR) is 78.6 cm³/mol. The highest BCUT2D eigenvalue weighted by Crippen LogP contribution is 2.22. The zero-order chi connectivity index (χ0) is 15.4. The molecule has 1 aromatic heterocycles. The Morgan fingerprint density at radius 3 is 2.76 bits per heavy atom. The van der Waals surface area contributed by atoms with Crippen LogP contribution in [0.1, 0.15) is 5.56 Å². The van der Waals surface area contributed by atoms with E-state index in [0.717, 1.165) is 4.47 Å². The summed E-state index contributed by atoms with van der Waals surface area (Å²) < 4.78 is 31.0. The second kappa shape index (κ2) is 7.11. The van der Waals surface area contributed by atoms with Crippen molar-refractivity contribution >= 4 is 26.9 Å². The Hall–Kier alpha value is -1.31. The third-order valence-corrected chi connectivity index (χ3v) is 3.49. The van der Waals surface area contributed by atoms with Crippen molar-refractivity contribution in [3.8, 4) is 0 Å². The molecule has 0 spiro atoms. The minimum Gasteiger partial charge on any atom is -0.423 e. The molecule has 7 heteroatoms. The van der Waals surface area contributed by atoms with Crippen LogP contribution in [0.5, 0.6) is 0 Å². The lowest BCUT2D eigenvalue weighted by atomic mass is 10.1. The SMILES string of the molecule is O=c1cc(CN(CCO)CC(F)F)c2ccc(Br)cc2o1. The van der Waals surface area contributed by atoms with Gasteiger partial charge in [-0.05, 0) is 23.8 Å². The Morgan fingerprint density at radius 1 is 1.33 bits per heavy atom. The number of benzene rings is 1. The first-order chi connectivity index (χ1) is 9.99. The molecule has 0 aliphatic heterocycles. The van der Waals surface area contributed by atoms with Crippen molar-refractivity contribution in [2.75, 3.05) is 19.7 Å². The molecule has 0 saturated heterocycles. The molecule has 1 heterocycles. The lowest BCUT2D eigenvalue weighted by molar-refractivity contribution is 0.0748. The molecule has 4 nitrogen and oxygen atoms in total. The van der Waals surface area contributed by atoms with Gasteiger partial charge in [0.1, 0.15) is 5.58 Å². The van der Waals surface area contributed by atoms with Gasteiger partial charge in [0, 0.05) is 29.0 Å². The number of aliphatic hydroxyl groups excluding tert-OH is 1. The molecule has 0 radical (unpaired) electrons. The average molecular weight is 362 g/mol. The van der Waals surface area contributed by atoms with Gasteiger partial charge in [0.25, 0.3) is 6.43 Å². The summed E-state index contributed by atoms with van der Waals surface area (Å²) in [5.74, 6) is 0. The van der Waals surface area contributed by atoms with Gasteiger partial charge >= 0.3 is 5.63 Å². The number of alkyl halides is 2. The monoisotopic (exact) mass is 361 g/mol. The van der Waals surface area contributed by atoms with Gasteiger partial charge in [-0.1, -0.05) is 15.9 Å². The summed E-state index contributed by atoms with van der Waals surface area (Å²) >= 11 is 3.29. The van der Waals surface area contributed by atoms with E-state index in [1.807, 2.05) is 0 Å². The Bertz CT molecular complexity index is 675. The van der Waals surface area contributed by atoms with E-state index < -0.39 is 18.6 Å². The molecule has 0 saturated carbocycles. The lowest BCUT2D eigenvalue weighted by Crippen LogP contribution is -2.31. The van der Waals surface area contributed by atoms with Crippen molar-refractivity contribution in [3.05, 3.63) is 44.7 Å². The minimum atomic E-state index is -2.50. The van der Waals surface area contributed by atoms with E-state index in [4.69, 9.17) is 9.52 Å². The van der Waals surface area contributed by atoms with Gasteiger partial charge in [-0.3, -0.25) is 4.90 Å². The van der Waals surface area contributed by atoms with Gasteiger partial charge in [0.2, 0.25) is 0 Å². The van der Waals surface area contributed by atoms with E-state index in [2.05, 4.69) is 15.9 Å². The maximum Gasteiger partial charge on any atom is 0.336 e. The molecule has 0 fully saturated rings. The average Bonchev–Trinajstić information content (AvgIpc) is 2.37. The third-order valence-electron chi connectivity index (χ3n) is 3.00. The van der Waals surface area contributed by atoms with E-state index in [1.165, 1.54) is 11.0 Å². The Kier molecular flexibility index (Phi) is 5.44. The van der Waals surface area contributed by atoms with Crippen molar-refractivity contribution in [3.63, 3.8) is 0 Å². The van der Waals surface area contributed by atoms with Crippen LogP contribution in [0, 0.1) is 0 Å². The highest BCUT2D eigenvalue weighted by atomic mass is 79.9. The molecule has 1 N–H and O–H groups in total. The van der Waals surface area contributed by atoms with Crippen molar-refractivity contribution in [2.24, 2.45) is 0 Å². The second-order valence-electron chi connectivity index (χ2n) is 4.58. The summed E-state index contributed by atoms with van der Waals surface area (Å²) in [5.41, 5.74) is 0.465. The highest BCUT2D eigenvalue weighted by Gasteiger charge is 2.15. The summed E-state index contributed by atoms with van der Waals surface area (Å²) in [4.78, 5) is 13.0. The molecule has 0 atom stereocenters. The Morgan fingerprint density at radius 2 is 2.10 bits per heavy atom. The topological polar surface area (TPSA) is 53.7 Å². The van der Waals surface area contributed by atoms with E-state index in [9.17, 15) is 13.6 Å². The molecule has 114 valence electrons. The Labute approximate surface area is 128 Å². The molecule has 1 aromatic carbocycles. The molecule has 2 rings (SSSR count). The summed E-state index contributed by atoms with van der Waals surface area (Å²) in [6.45, 7) is -0.423. The van der Waals surface area contributed by atoms with E-state index >= 15 is 0 Å². The number of hydrogen-bond acceptors (Lipinski definition) is 4. The van der Waals surface area contributed by atoms with Gasteiger partial charge in [-0.2, -0.15) is 0 Å². The van der Waals surface area contributed by atoms with Crippen molar-refractivity contribution in [2.45, 2.75) is 13.0 Å². The van der Waals surface area contributed by atoms with Crippen molar-refractivity contribution in [1.82, 2.24) is 4.90 Å². The smallest absolute Gasteiger partial charge is 0.336 e. The maximum absolute atomic E-state index is 12.5. The fourth-order valence-electron chi connectivity index (χ4n) is 2.15. The molecular formula is C14H14BrF2NO3. The first-order valence-corrected chi connectivity index (χ1v) is 7.12. The van der Waals surface area contributed by atoms with Crippen LogP contribution in [0.3, 0.4) is 0 Å². The zero-order valence-corrected chi connectivity index (χ0v) is 12.6. The third kappa shape index (κ3) is 4.33. The largest absolute Gasteiger partial charge is 0.423 e. The standard InChI is InChI=1S/C14H14BrF2NO3/c15-10-1-2-11-9(5-14(20)21-12(11)6-10)7-18(3-4-19)8-13(16)17/h1-2,5-6,13,19H,3-4,7-8H2. The summed E-state index contributed by atoms with van der Waals surface area (Å²) in [6.07, 6.45) is -2.50. The first-order valence-electron chi connectivity index (χ1n) is 6.33. The number of aliphatic hydroxyl groups is 1. The van der Waals surface area contributed by atoms with Crippen LogP contribution < -0.4 is 5.63 Å². The molecule has 0 amide bonds. The van der Waals surface area contributed by atoms with Gasteiger partial charge in [-0.25, -0.2) is 13.6 Å². The predicted octanol–water partition coefficient (Wildman–Crippen LogP) is 2.61. The lowest BCUT2D eigenvalue weighted by Gasteiger charge is -2.21. The number of rotatable bonds is 6. The quantitative estimate of drug-likeness (QED) is 0.803. The molecule has 0 aliphatic rings. The van der Waals surface area contributed by atoms with E-state index in [1.54, 1.807) is 18.2 Å². The molecule has 0 bridgehead atoms. The van der Waals surface area contributed by atoms with Crippen LogP contribution in [-0.2, 0) is 6.54 Å². The summed E-state index contributed by atoms with van der Waals surface area (Å²) in [5, 5.41) is 9.65. The normalized spacial score (nSPS) is 11.7. The zero-order valence-electron chi connectivity index (χ0n) is 11.1. The maximum atomic E-state index is 12.5. The summed E-state index contributed by atoms with van der Waals surface area (Å²) in [7, 11) is 0. The van der Waals surface area contributed by atoms with Crippen LogP contribution in [-0.4, -0.2) is 36.1 Å². The highest BCUT2D eigenvalue weighted by molar-refractivity contribution is 9.10. The number of hydrogen-bond donors (Lipinski definition) is 1. The minimum absolute atomic E-state index is 0.114. The Balaban J connectivity index is 2.37. The van der Waals surface area contributed by atoms with Gasteiger partial charge in [-0.15, -0.1) is 0 Å². The molecule has 2 aromatic rings. The van der Waals surface area contributed by atoms with Crippen molar-refractivity contribution in [1.29, 1.82) is 0 Å². The van der Waals surface area contributed by atoms with Gasteiger partial charge < -0.3 is 9.52 Å². The molecular weight excluding hydrogens is 348 g/mol. The van der Waals surface area contributed by atoms with Crippen LogP contribution in [0.25, 0.3) is 11.0 Å². The van der Waals surface area contributed by atoms with Gasteiger partial charge in [0.05, 0.1) is 13.2 Å². The van der Waals surface area contributed by atoms with Gasteiger partial charge in [0.15, 0.2) is 0 Å². The van der Waals surface area contributed by atoms with Crippen LogP contribution in [0.4, 0.5) is 8.78 Å². The van der Waals surface area contributed by atoms with Crippen LogP contribution in [0.15, 0.2) is 37.9 Å². The molecule has 0 aliphatic carbocycles. The fraction of sp³-hybridized carbons (Fsp3) is 0.357. The second-order valence-corrected chi connectivity index (χ2v) is 5.50. The first kappa shape index (κ1) is 16.1. The van der Waals surface area contributed by atoms with E-state index in [-0.39, 0.29) is 19.7 Å². The van der Waals surface area contributed by atoms with Crippen LogP contribution >= 0.6 is 15.9 Å². The van der Waals surface area contributed by atoms with E-state index in [0.29, 0.717) is 16.5 Å². The van der Waals surface area contributed by atoms with Crippen molar-refractivity contribution < 1.29 is 18.3 Å². The summed E-state index contributed by atoms with van der Waals surface area (Å²) in [6, 6.07) is 6.50. The fourth-order valence-corrected chi connectivity index (χ4v) is 2.49. The number of fused-ring (bicyclic) bond motifs is 1. The molecule has 0 unspecified atom stereocenters. The molecule has 21 heavy (non-hydrogen) atoms. The van der Waals surface area contributed by atoms with Crippen LogP contribution in [0.2, 0.25) is 0 Å².